The highest BCUT2D eigenvalue weighted by molar-refractivity contribution is 5.88. The quantitative estimate of drug-likeness (QED) is 0.925. The Morgan fingerprint density at radius 1 is 1.33 bits per heavy atom. The maximum Gasteiger partial charge on any atom is 0.231 e. The maximum atomic E-state index is 12.8. The average Bonchev–Trinajstić information content (AvgIpc) is 2.97. The molecule has 1 fully saturated rings. The number of para-hydroxylation sites is 1. The van der Waals surface area contributed by atoms with Crippen molar-refractivity contribution < 1.29 is 4.79 Å². The topological polar surface area (TPSA) is 35.6 Å². The lowest BCUT2D eigenvalue weighted by Crippen LogP contribution is -2.47. The van der Waals surface area contributed by atoms with Crippen LogP contribution in [-0.4, -0.2) is 55.0 Å². The minimum Gasteiger partial charge on any atom is -0.384 e. The molecular weight excluding hydrogens is 262 g/mol. The molecule has 0 bridgehead atoms. The second-order valence-corrected chi connectivity index (χ2v) is 6.14. The van der Waals surface area contributed by atoms with Crippen molar-refractivity contribution in [3.05, 3.63) is 29.8 Å². The van der Waals surface area contributed by atoms with Crippen LogP contribution in [-0.2, 0) is 4.79 Å². The number of amides is 1. The molecule has 2 heterocycles. The number of piperidine rings is 1. The number of hydrogen-bond donors (Lipinski definition) is 1. The Morgan fingerprint density at radius 3 is 2.76 bits per heavy atom. The summed E-state index contributed by atoms with van der Waals surface area (Å²) < 4.78 is 0. The molecule has 2 aliphatic heterocycles. The first-order valence-corrected chi connectivity index (χ1v) is 8.02. The van der Waals surface area contributed by atoms with Gasteiger partial charge in [0.25, 0.3) is 0 Å². The van der Waals surface area contributed by atoms with Gasteiger partial charge in [0, 0.05) is 38.4 Å². The molecule has 1 N–H and O–H groups in total. The molecule has 114 valence electrons. The number of rotatable bonds is 3. The number of likely N-dealkylation sites (tertiary alicyclic amines) is 1. The van der Waals surface area contributed by atoms with E-state index in [0.717, 1.165) is 50.3 Å². The Kier molecular flexibility index (Phi) is 4.15. The fraction of sp³-hybridized carbons (Fsp3) is 0.588. The fourth-order valence-electron chi connectivity index (χ4n) is 3.55. The van der Waals surface area contributed by atoms with Crippen LogP contribution in [0.5, 0.6) is 0 Å². The van der Waals surface area contributed by atoms with Crippen LogP contribution in [0, 0.1) is 0 Å². The van der Waals surface area contributed by atoms with Crippen LogP contribution in [0.3, 0.4) is 0 Å². The van der Waals surface area contributed by atoms with Crippen LogP contribution in [0.15, 0.2) is 24.3 Å². The maximum absolute atomic E-state index is 12.8. The fourth-order valence-corrected chi connectivity index (χ4v) is 3.55. The first-order valence-electron chi connectivity index (χ1n) is 8.02. The van der Waals surface area contributed by atoms with E-state index < -0.39 is 0 Å². The smallest absolute Gasteiger partial charge is 0.231 e. The van der Waals surface area contributed by atoms with Gasteiger partial charge in [0.1, 0.15) is 0 Å². The van der Waals surface area contributed by atoms with Gasteiger partial charge >= 0.3 is 0 Å². The van der Waals surface area contributed by atoms with Gasteiger partial charge in [-0.15, -0.1) is 0 Å². The average molecular weight is 287 g/mol. The summed E-state index contributed by atoms with van der Waals surface area (Å²) in [5, 5.41) is 3.35. The van der Waals surface area contributed by atoms with Crippen LogP contribution in [0.25, 0.3) is 0 Å². The van der Waals surface area contributed by atoms with Crippen molar-refractivity contribution in [1.29, 1.82) is 0 Å². The lowest BCUT2D eigenvalue weighted by Gasteiger charge is -2.37. The Morgan fingerprint density at radius 2 is 2.05 bits per heavy atom. The van der Waals surface area contributed by atoms with Crippen LogP contribution in [0.2, 0.25) is 0 Å². The zero-order valence-electron chi connectivity index (χ0n) is 13.0. The van der Waals surface area contributed by atoms with Gasteiger partial charge in [0.05, 0.1) is 5.92 Å². The molecule has 0 radical (unpaired) electrons. The van der Waals surface area contributed by atoms with Gasteiger partial charge in [-0.25, -0.2) is 0 Å². The second-order valence-electron chi connectivity index (χ2n) is 6.14. The summed E-state index contributed by atoms with van der Waals surface area (Å²) in [6.45, 7) is 6.27. The molecule has 1 saturated heterocycles. The van der Waals surface area contributed by atoms with Crippen molar-refractivity contribution >= 4 is 11.6 Å². The van der Waals surface area contributed by atoms with Gasteiger partial charge in [-0.05, 0) is 31.0 Å². The number of nitrogens with zero attached hydrogens (tertiary/aromatic N) is 2. The summed E-state index contributed by atoms with van der Waals surface area (Å²) in [5.41, 5.74) is 2.27. The summed E-state index contributed by atoms with van der Waals surface area (Å²) in [6, 6.07) is 8.57. The lowest BCUT2D eigenvalue weighted by molar-refractivity contribution is -0.134. The van der Waals surface area contributed by atoms with Gasteiger partial charge in [0.15, 0.2) is 0 Å². The molecule has 2 aliphatic rings. The monoisotopic (exact) mass is 287 g/mol. The molecule has 0 saturated carbocycles. The molecule has 1 unspecified atom stereocenters. The number of nitrogens with one attached hydrogen (secondary N) is 1. The second kappa shape index (κ2) is 6.06. The number of benzene rings is 1. The molecule has 1 amide bonds. The number of fused-ring (bicyclic) bond motifs is 1. The third-order valence-electron chi connectivity index (χ3n) is 5.03. The molecule has 21 heavy (non-hydrogen) atoms. The van der Waals surface area contributed by atoms with Crippen molar-refractivity contribution in [2.75, 3.05) is 38.5 Å². The number of carbonyl (C=O) groups is 1. The van der Waals surface area contributed by atoms with E-state index in [1.165, 1.54) is 0 Å². The minimum absolute atomic E-state index is 0.0181. The minimum atomic E-state index is -0.0181. The first kappa shape index (κ1) is 14.4. The molecule has 1 aromatic rings. The lowest BCUT2D eigenvalue weighted by atomic mass is 9.97. The van der Waals surface area contributed by atoms with E-state index in [1.807, 2.05) is 24.1 Å². The van der Waals surface area contributed by atoms with Gasteiger partial charge in [0.2, 0.25) is 5.91 Å². The van der Waals surface area contributed by atoms with Crippen LogP contribution >= 0.6 is 0 Å². The molecule has 0 aromatic heterocycles. The van der Waals surface area contributed by atoms with Gasteiger partial charge in [-0.3, -0.25) is 4.79 Å². The van der Waals surface area contributed by atoms with E-state index in [-0.39, 0.29) is 11.8 Å². The van der Waals surface area contributed by atoms with Crippen molar-refractivity contribution in [3.63, 3.8) is 0 Å². The third kappa shape index (κ3) is 2.77. The van der Waals surface area contributed by atoms with Gasteiger partial charge in [-0.1, -0.05) is 25.1 Å². The van der Waals surface area contributed by atoms with E-state index >= 15 is 0 Å². The molecule has 1 atom stereocenters. The van der Waals surface area contributed by atoms with E-state index in [1.54, 1.807) is 0 Å². The molecular formula is C17H25N3O. The zero-order valence-corrected chi connectivity index (χ0v) is 13.0. The predicted molar refractivity (Wildman–Crippen MR) is 85.6 cm³/mol. The SMILES string of the molecule is CCN1CCC(N(C)C(=O)C2CNc3ccccc32)CC1. The van der Waals surface area contributed by atoms with Crippen molar-refractivity contribution in [2.45, 2.75) is 31.7 Å². The Labute approximate surface area is 127 Å². The van der Waals surface area contributed by atoms with Crippen molar-refractivity contribution in [1.82, 2.24) is 9.80 Å². The molecule has 3 rings (SSSR count). The van der Waals surface area contributed by atoms with E-state index in [0.29, 0.717) is 6.04 Å². The van der Waals surface area contributed by atoms with Crippen molar-refractivity contribution in [3.8, 4) is 0 Å². The van der Waals surface area contributed by atoms with E-state index in [9.17, 15) is 4.79 Å². The van der Waals surface area contributed by atoms with E-state index in [4.69, 9.17) is 0 Å². The van der Waals surface area contributed by atoms with Crippen LogP contribution < -0.4 is 5.32 Å². The number of hydrogen-bond acceptors (Lipinski definition) is 3. The standard InChI is InChI=1S/C17H25N3O/c1-3-20-10-8-13(9-11-20)19(2)17(21)15-12-18-16-7-5-4-6-14(15)16/h4-7,13,15,18H,3,8-12H2,1-2H3. The molecule has 4 heteroatoms. The summed E-state index contributed by atoms with van der Waals surface area (Å²) >= 11 is 0. The largest absolute Gasteiger partial charge is 0.384 e. The Hall–Kier alpha value is -1.55. The van der Waals surface area contributed by atoms with Crippen molar-refractivity contribution in [2.24, 2.45) is 0 Å². The molecule has 1 aromatic carbocycles. The first-order chi connectivity index (χ1) is 10.2. The van der Waals surface area contributed by atoms with Crippen LogP contribution in [0.4, 0.5) is 5.69 Å². The Balaban J connectivity index is 1.66. The highest BCUT2D eigenvalue weighted by atomic mass is 16.2. The number of anilines is 1. The summed E-state index contributed by atoms with van der Waals surface area (Å²) in [5.74, 6) is 0.248. The zero-order chi connectivity index (χ0) is 14.8. The molecule has 0 aliphatic carbocycles. The molecule has 4 nitrogen and oxygen atoms in total. The number of likely N-dealkylation sites (N-methyl/N-ethyl adjacent to an activating group) is 1. The highest BCUT2D eigenvalue weighted by Crippen LogP contribution is 2.33. The Bertz CT molecular complexity index is 509. The third-order valence-corrected chi connectivity index (χ3v) is 5.03. The normalized spacial score (nSPS) is 22.7. The van der Waals surface area contributed by atoms with Crippen LogP contribution in [0.1, 0.15) is 31.2 Å². The highest BCUT2D eigenvalue weighted by Gasteiger charge is 2.33. The number of carbonyl (C=O) groups excluding carboxylic acids is 1. The van der Waals surface area contributed by atoms with E-state index in [2.05, 4.69) is 29.3 Å². The summed E-state index contributed by atoms with van der Waals surface area (Å²) in [6.07, 6.45) is 2.19. The summed E-state index contributed by atoms with van der Waals surface area (Å²) in [4.78, 5) is 17.3. The van der Waals surface area contributed by atoms with Gasteiger partial charge < -0.3 is 15.1 Å². The molecule has 0 spiro atoms. The van der Waals surface area contributed by atoms with Gasteiger partial charge in [-0.2, -0.15) is 0 Å². The predicted octanol–water partition coefficient (Wildman–Crippen LogP) is 2.14. The summed E-state index contributed by atoms with van der Waals surface area (Å²) in [7, 11) is 1.98.